The van der Waals surface area contributed by atoms with E-state index in [0.29, 0.717) is 11.5 Å². The van der Waals surface area contributed by atoms with Gasteiger partial charge >= 0.3 is 0 Å². The van der Waals surface area contributed by atoms with Crippen LogP contribution in [-0.2, 0) is 4.79 Å². The quantitative estimate of drug-likeness (QED) is 0.748. The second kappa shape index (κ2) is 7.08. The zero-order chi connectivity index (χ0) is 16.2. The molecule has 3 rings (SSSR count). The number of halogens is 1. The number of nitrogens with one attached hydrogen (secondary N) is 1. The van der Waals surface area contributed by atoms with Crippen molar-refractivity contribution in [3.05, 3.63) is 51.6 Å². The second-order valence-corrected chi connectivity index (χ2v) is 6.39. The van der Waals surface area contributed by atoms with Crippen molar-refractivity contribution in [3.8, 4) is 17.2 Å². The van der Waals surface area contributed by atoms with Gasteiger partial charge in [-0.3, -0.25) is 4.79 Å². The molecule has 0 bridgehead atoms. The molecule has 23 heavy (non-hydrogen) atoms. The van der Waals surface area contributed by atoms with E-state index in [0.717, 1.165) is 14.9 Å². The Balaban J connectivity index is 1.54. The van der Waals surface area contributed by atoms with Crippen molar-refractivity contribution >= 4 is 28.5 Å². The summed E-state index contributed by atoms with van der Waals surface area (Å²) in [6.45, 7) is 2.14. The molecule has 0 saturated heterocycles. The van der Waals surface area contributed by atoms with E-state index in [1.165, 1.54) is 0 Å². The van der Waals surface area contributed by atoms with E-state index in [4.69, 9.17) is 14.2 Å². The van der Waals surface area contributed by atoms with Gasteiger partial charge in [-0.15, -0.1) is 0 Å². The van der Waals surface area contributed by atoms with Crippen molar-refractivity contribution in [2.75, 3.05) is 13.4 Å². The Kier molecular flexibility index (Phi) is 4.90. The van der Waals surface area contributed by atoms with Crippen LogP contribution in [0.1, 0.15) is 18.5 Å². The van der Waals surface area contributed by atoms with Crippen LogP contribution in [-0.4, -0.2) is 19.3 Å². The molecule has 0 spiro atoms. The Labute approximate surface area is 148 Å². The fraction of sp³-hybridized carbons (Fsp3) is 0.235. The van der Waals surface area contributed by atoms with Crippen LogP contribution in [0, 0.1) is 3.57 Å². The first-order valence-electron chi connectivity index (χ1n) is 7.19. The lowest BCUT2D eigenvalue weighted by atomic mass is 10.1. The standard InChI is InChI=1S/C17H16INO4/c1-11(12-2-7-15-16(8-12)23-10-22-15)19-17(20)9-21-14-5-3-13(18)4-6-14/h2-8,11H,9-10H2,1H3,(H,19,20). The third-order valence-corrected chi connectivity index (χ3v) is 4.18. The molecule has 5 nitrogen and oxygen atoms in total. The Bertz CT molecular complexity index is 702. The number of carbonyl (C=O) groups is 1. The molecule has 0 aromatic heterocycles. The summed E-state index contributed by atoms with van der Waals surface area (Å²) in [6.07, 6.45) is 0. The summed E-state index contributed by atoms with van der Waals surface area (Å²) in [7, 11) is 0. The molecule has 1 amide bonds. The number of ether oxygens (including phenoxy) is 3. The first-order valence-corrected chi connectivity index (χ1v) is 8.27. The van der Waals surface area contributed by atoms with Gasteiger partial charge in [0.25, 0.3) is 5.91 Å². The zero-order valence-electron chi connectivity index (χ0n) is 12.5. The van der Waals surface area contributed by atoms with Gasteiger partial charge in [-0.2, -0.15) is 0 Å². The molecule has 0 fully saturated rings. The molecule has 0 saturated carbocycles. The number of fused-ring (bicyclic) bond motifs is 1. The summed E-state index contributed by atoms with van der Waals surface area (Å²) in [5.41, 5.74) is 0.955. The van der Waals surface area contributed by atoms with Gasteiger partial charge in [0.15, 0.2) is 18.1 Å². The van der Waals surface area contributed by atoms with Gasteiger partial charge in [0.05, 0.1) is 6.04 Å². The molecule has 1 heterocycles. The lowest BCUT2D eigenvalue weighted by molar-refractivity contribution is -0.123. The molecule has 6 heteroatoms. The Morgan fingerprint density at radius 2 is 1.96 bits per heavy atom. The van der Waals surface area contributed by atoms with Crippen molar-refractivity contribution in [1.29, 1.82) is 0 Å². The average molecular weight is 425 g/mol. The summed E-state index contributed by atoms with van der Waals surface area (Å²) in [5.74, 6) is 1.94. The van der Waals surface area contributed by atoms with Crippen molar-refractivity contribution < 1.29 is 19.0 Å². The third kappa shape index (κ3) is 4.07. The lowest BCUT2D eigenvalue weighted by Crippen LogP contribution is -2.31. The van der Waals surface area contributed by atoms with Crippen LogP contribution in [0.15, 0.2) is 42.5 Å². The maximum Gasteiger partial charge on any atom is 0.258 e. The van der Waals surface area contributed by atoms with Crippen molar-refractivity contribution in [3.63, 3.8) is 0 Å². The zero-order valence-corrected chi connectivity index (χ0v) is 14.7. The maximum absolute atomic E-state index is 12.0. The highest BCUT2D eigenvalue weighted by Gasteiger charge is 2.17. The minimum Gasteiger partial charge on any atom is -0.484 e. The van der Waals surface area contributed by atoms with Gasteiger partial charge in [-0.1, -0.05) is 6.07 Å². The fourth-order valence-corrected chi connectivity index (χ4v) is 2.59. The number of hydrogen-bond donors (Lipinski definition) is 1. The van der Waals surface area contributed by atoms with Crippen LogP contribution >= 0.6 is 22.6 Å². The summed E-state index contributed by atoms with van der Waals surface area (Å²) < 4.78 is 17.2. The molecule has 1 unspecified atom stereocenters. The largest absolute Gasteiger partial charge is 0.484 e. The molecule has 0 aliphatic carbocycles. The van der Waals surface area contributed by atoms with Gasteiger partial charge in [0.1, 0.15) is 5.75 Å². The minimum absolute atomic E-state index is 0.0184. The highest BCUT2D eigenvalue weighted by Crippen LogP contribution is 2.34. The minimum atomic E-state index is -0.172. The monoisotopic (exact) mass is 425 g/mol. The molecular formula is C17H16INO4. The van der Waals surface area contributed by atoms with Crippen molar-refractivity contribution in [2.24, 2.45) is 0 Å². The number of amides is 1. The van der Waals surface area contributed by atoms with Gasteiger partial charge in [-0.25, -0.2) is 0 Å². The highest BCUT2D eigenvalue weighted by molar-refractivity contribution is 14.1. The SMILES string of the molecule is CC(NC(=O)COc1ccc(I)cc1)c1ccc2c(c1)OCO2. The molecular weight excluding hydrogens is 409 g/mol. The van der Waals surface area contributed by atoms with Crippen molar-refractivity contribution in [1.82, 2.24) is 5.32 Å². The molecule has 0 radical (unpaired) electrons. The fourth-order valence-electron chi connectivity index (χ4n) is 2.23. The van der Waals surface area contributed by atoms with E-state index in [1.807, 2.05) is 49.4 Å². The Morgan fingerprint density at radius 1 is 1.22 bits per heavy atom. The van der Waals surface area contributed by atoms with Gasteiger partial charge in [0.2, 0.25) is 6.79 Å². The van der Waals surface area contributed by atoms with Crippen LogP contribution in [0.4, 0.5) is 0 Å². The Hall–Kier alpha value is -1.96. The molecule has 1 aliphatic rings. The topological polar surface area (TPSA) is 56.8 Å². The van der Waals surface area contributed by atoms with E-state index in [1.54, 1.807) is 0 Å². The average Bonchev–Trinajstić information content (AvgIpc) is 3.02. The van der Waals surface area contributed by atoms with E-state index < -0.39 is 0 Å². The normalized spacial score (nSPS) is 13.5. The maximum atomic E-state index is 12.0. The van der Waals surface area contributed by atoms with E-state index in [2.05, 4.69) is 27.9 Å². The van der Waals surface area contributed by atoms with E-state index in [9.17, 15) is 4.79 Å². The number of hydrogen-bond acceptors (Lipinski definition) is 4. The van der Waals surface area contributed by atoms with Crippen molar-refractivity contribution in [2.45, 2.75) is 13.0 Å². The number of benzene rings is 2. The summed E-state index contributed by atoms with van der Waals surface area (Å²) in [6, 6.07) is 13.1. The van der Waals surface area contributed by atoms with Crippen LogP contribution in [0.25, 0.3) is 0 Å². The van der Waals surface area contributed by atoms with Crippen LogP contribution < -0.4 is 19.5 Å². The summed E-state index contributed by atoms with van der Waals surface area (Å²) in [5, 5.41) is 2.91. The predicted molar refractivity (Wildman–Crippen MR) is 93.8 cm³/mol. The second-order valence-electron chi connectivity index (χ2n) is 5.14. The molecule has 1 aliphatic heterocycles. The van der Waals surface area contributed by atoms with Crippen LogP contribution in [0.5, 0.6) is 17.2 Å². The predicted octanol–water partition coefficient (Wildman–Crippen LogP) is 3.28. The van der Waals surface area contributed by atoms with E-state index in [-0.39, 0.29) is 25.3 Å². The number of rotatable bonds is 5. The summed E-state index contributed by atoms with van der Waals surface area (Å²) in [4.78, 5) is 12.0. The van der Waals surface area contributed by atoms with Gasteiger partial charge < -0.3 is 19.5 Å². The van der Waals surface area contributed by atoms with Crippen LogP contribution in [0.3, 0.4) is 0 Å². The van der Waals surface area contributed by atoms with E-state index >= 15 is 0 Å². The summed E-state index contributed by atoms with van der Waals surface area (Å²) >= 11 is 2.22. The first-order chi connectivity index (χ1) is 11.1. The molecule has 2 aromatic carbocycles. The number of carbonyl (C=O) groups excluding carboxylic acids is 1. The molecule has 2 aromatic rings. The smallest absolute Gasteiger partial charge is 0.258 e. The molecule has 1 atom stereocenters. The molecule has 1 N–H and O–H groups in total. The van der Waals surface area contributed by atoms with Gasteiger partial charge in [0, 0.05) is 3.57 Å². The first kappa shape index (κ1) is 15.9. The Morgan fingerprint density at radius 3 is 2.74 bits per heavy atom. The third-order valence-electron chi connectivity index (χ3n) is 3.46. The van der Waals surface area contributed by atoms with Gasteiger partial charge in [-0.05, 0) is 71.5 Å². The highest BCUT2D eigenvalue weighted by atomic mass is 127. The lowest BCUT2D eigenvalue weighted by Gasteiger charge is -2.15. The molecule has 120 valence electrons. The van der Waals surface area contributed by atoms with Crippen LogP contribution in [0.2, 0.25) is 0 Å².